The molecule has 1 aliphatic heterocycles. The minimum atomic E-state index is -0.373. The van der Waals surface area contributed by atoms with Gasteiger partial charge < -0.3 is 23.4 Å². The van der Waals surface area contributed by atoms with Crippen LogP contribution in [0.25, 0.3) is 11.0 Å². The lowest BCUT2D eigenvalue weighted by Crippen LogP contribution is -2.05. The van der Waals surface area contributed by atoms with Crippen LogP contribution in [0, 0.1) is 0 Å². The van der Waals surface area contributed by atoms with Crippen LogP contribution < -0.4 is 24.6 Å². The second-order valence-corrected chi connectivity index (χ2v) is 5.52. The summed E-state index contributed by atoms with van der Waals surface area (Å²) in [6, 6.07) is 14.0. The zero-order valence-corrected chi connectivity index (χ0v) is 13.4. The number of benzene rings is 2. The van der Waals surface area contributed by atoms with Gasteiger partial charge in [0, 0.05) is 30.0 Å². The van der Waals surface area contributed by atoms with Crippen LogP contribution in [0.4, 0.5) is 0 Å². The fourth-order valence-corrected chi connectivity index (χ4v) is 2.54. The van der Waals surface area contributed by atoms with Crippen molar-refractivity contribution in [3.63, 3.8) is 0 Å². The minimum absolute atomic E-state index is 0.249. The van der Waals surface area contributed by atoms with Gasteiger partial charge in [-0.05, 0) is 30.3 Å². The normalized spacial score (nSPS) is 12.3. The van der Waals surface area contributed by atoms with Gasteiger partial charge in [-0.3, -0.25) is 0 Å². The topological polar surface area (TPSA) is 67.1 Å². The largest absolute Gasteiger partial charge is 0.493 e. The van der Waals surface area contributed by atoms with Crippen LogP contribution in [0.3, 0.4) is 0 Å². The van der Waals surface area contributed by atoms with E-state index >= 15 is 0 Å². The lowest BCUT2D eigenvalue weighted by atomic mass is 10.2. The molecule has 0 bridgehead atoms. The Bertz CT molecular complexity index is 946. The van der Waals surface area contributed by atoms with E-state index in [-0.39, 0.29) is 12.4 Å². The summed E-state index contributed by atoms with van der Waals surface area (Å²) in [7, 11) is 0. The standard InChI is InChI=1S/C19H16O6/c20-19-7-3-13-2-4-14(10-17(13)25-19)21-8-1-9-22-15-5-6-16-18(11-15)24-12-23-16/h2-7,10-11H,1,8-9,12H2. The molecule has 0 N–H and O–H groups in total. The van der Waals surface area contributed by atoms with Crippen LogP contribution in [0.2, 0.25) is 0 Å². The Labute approximate surface area is 143 Å². The first kappa shape index (κ1) is 15.4. The highest BCUT2D eigenvalue weighted by atomic mass is 16.7. The van der Waals surface area contributed by atoms with E-state index in [0.29, 0.717) is 36.7 Å². The van der Waals surface area contributed by atoms with Crippen LogP contribution in [0.5, 0.6) is 23.0 Å². The summed E-state index contributed by atoms with van der Waals surface area (Å²) in [6.45, 7) is 1.26. The van der Waals surface area contributed by atoms with Crippen molar-refractivity contribution in [1.82, 2.24) is 0 Å². The zero-order valence-electron chi connectivity index (χ0n) is 13.4. The van der Waals surface area contributed by atoms with Crippen LogP contribution in [0.15, 0.2) is 57.7 Å². The molecule has 2 aromatic carbocycles. The summed E-state index contributed by atoms with van der Waals surface area (Å²) < 4.78 is 27.1. The van der Waals surface area contributed by atoms with Crippen molar-refractivity contribution in [3.05, 3.63) is 59.0 Å². The smallest absolute Gasteiger partial charge is 0.336 e. The molecule has 128 valence electrons. The van der Waals surface area contributed by atoms with Gasteiger partial charge in [-0.15, -0.1) is 0 Å². The van der Waals surface area contributed by atoms with E-state index in [1.165, 1.54) is 6.07 Å². The third-order valence-corrected chi connectivity index (χ3v) is 3.76. The maximum absolute atomic E-state index is 11.3. The molecule has 2 heterocycles. The Morgan fingerprint density at radius 3 is 2.44 bits per heavy atom. The number of hydrogen-bond donors (Lipinski definition) is 0. The Hall–Kier alpha value is -3.15. The van der Waals surface area contributed by atoms with Gasteiger partial charge in [-0.2, -0.15) is 0 Å². The van der Waals surface area contributed by atoms with Crippen molar-refractivity contribution < 1.29 is 23.4 Å². The first-order valence-corrected chi connectivity index (χ1v) is 7.97. The first-order chi connectivity index (χ1) is 12.3. The lowest BCUT2D eigenvalue weighted by Gasteiger charge is -2.09. The van der Waals surface area contributed by atoms with E-state index in [1.54, 1.807) is 12.1 Å². The van der Waals surface area contributed by atoms with Gasteiger partial charge in [0.25, 0.3) is 0 Å². The van der Waals surface area contributed by atoms with Gasteiger partial charge in [0.05, 0.1) is 13.2 Å². The fraction of sp³-hybridized carbons (Fsp3) is 0.211. The van der Waals surface area contributed by atoms with E-state index in [4.69, 9.17) is 23.4 Å². The second-order valence-electron chi connectivity index (χ2n) is 5.52. The quantitative estimate of drug-likeness (QED) is 0.506. The summed E-state index contributed by atoms with van der Waals surface area (Å²) in [6.07, 6.45) is 0.714. The Morgan fingerprint density at radius 2 is 1.56 bits per heavy atom. The molecule has 0 saturated carbocycles. The van der Waals surface area contributed by atoms with Gasteiger partial charge in [-0.25, -0.2) is 4.79 Å². The predicted molar refractivity (Wildman–Crippen MR) is 90.7 cm³/mol. The summed E-state index contributed by atoms with van der Waals surface area (Å²) in [4.78, 5) is 11.3. The molecule has 0 aliphatic carbocycles. The van der Waals surface area contributed by atoms with E-state index < -0.39 is 0 Å². The molecule has 0 fully saturated rings. The van der Waals surface area contributed by atoms with Gasteiger partial charge in [-0.1, -0.05) is 0 Å². The van der Waals surface area contributed by atoms with Crippen LogP contribution in [-0.4, -0.2) is 20.0 Å². The third-order valence-electron chi connectivity index (χ3n) is 3.76. The predicted octanol–water partition coefficient (Wildman–Crippen LogP) is 3.37. The molecule has 6 nitrogen and oxygen atoms in total. The van der Waals surface area contributed by atoms with Gasteiger partial charge in [0.15, 0.2) is 11.5 Å². The maximum Gasteiger partial charge on any atom is 0.336 e. The molecule has 25 heavy (non-hydrogen) atoms. The monoisotopic (exact) mass is 340 g/mol. The van der Waals surface area contributed by atoms with Crippen molar-refractivity contribution in [2.24, 2.45) is 0 Å². The maximum atomic E-state index is 11.3. The van der Waals surface area contributed by atoms with Crippen LogP contribution in [-0.2, 0) is 0 Å². The van der Waals surface area contributed by atoms with Crippen molar-refractivity contribution in [3.8, 4) is 23.0 Å². The Kier molecular flexibility index (Phi) is 4.16. The molecule has 0 atom stereocenters. The highest BCUT2D eigenvalue weighted by molar-refractivity contribution is 5.77. The molecule has 0 saturated heterocycles. The highest BCUT2D eigenvalue weighted by Crippen LogP contribution is 2.35. The first-order valence-electron chi connectivity index (χ1n) is 7.97. The fourth-order valence-electron chi connectivity index (χ4n) is 2.54. The molecule has 0 radical (unpaired) electrons. The Balaban J connectivity index is 1.27. The molecule has 1 aliphatic rings. The Morgan fingerprint density at radius 1 is 0.840 bits per heavy atom. The molecule has 3 aromatic rings. The summed E-state index contributed by atoms with van der Waals surface area (Å²) in [5.74, 6) is 2.83. The van der Waals surface area contributed by atoms with Gasteiger partial charge in [0.1, 0.15) is 17.1 Å². The SMILES string of the molecule is O=c1ccc2ccc(OCCCOc3ccc4c(c3)OCO4)cc2o1. The van der Waals surface area contributed by atoms with Crippen molar-refractivity contribution in [1.29, 1.82) is 0 Å². The number of rotatable bonds is 6. The lowest BCUT2D eigenvalue weighted by molar-refractivity contribution is 0.173. The molecule has 0 amide bonds. The van der Waals surface area contributed by atoms with Crippen LogP contribution >= 0.6 is 0 Å². The highest BCUT2D eigenvalue weighted by Gasteiger charge is 2.13. The number of ether oxygens (including phenoxy) is 4. The summed E-state index contributed by atoms with van der Waals surface area (Å²) in [5.41, 5.74) is 0.142. The second kappa shape index (κ2) is 6.76. The van der Waals surface area contributed by atoms with Crippen molar-refractivity contribution in [2.45, 2.75) is 6.42 Å². The average Bonchev–Trinajstić information content (AvgIpc) is 3.09. The van der Waals surface area contributed by atoms with Crippen molar-refractivity contribution >= 4 is 11.0 Å². The molecule has 6 heteroatoms. The minimum Gasteiger partial charge on any atom is -0.493 e. The number of hydrogen-bond acceptors (Lipinski definition) is 6. The van der Waals surface area contributed by atoms with Gasteiger partial charge in [0.2, 0.25) is 6.79 Å². The third kappa shape index (κ3) is 3.52. The molecule has 0 spiro atoms. The van der Waals surface area contributed by atoms with E-state index in [2.05, 4.69) is 0 Å². The molecular formula is C19H16O6. The molecule has 4 rings (SSSR count). The number of fused-ring (bicyclic) bond motifs is 2. The zero-order chi connectivity index (χ0) is 17.1. The van der Waals surface area contributed by atoms with E-state index in [9.17, 15) is 4.79 Å². The molecule has 1 aromatic heterocycles. The van der Waals surface area contributed by atoms with Crippen LogP contribution in [0.1, 0.15) is 6.42 Å². The van der Waals surface area contributed by atoms with E-state index in [0.717, 1.165) is 16.9 Å². The van der Waals surface area contributed by atoms with Gasteiger partial charge >= 0.3 is 5.63 Å². The summed E-state index contributed by atoms with van der Waals surface area (Å²) in [5, 5.41) is 0.859. The molecule has 0 unspecified atom stereocenters. The van der Waals surface area contributed by atoms with E-state index in [1.807, 2.05) is 30.3 Å². The summed E-state index contributed by atoms with van der Waals surface area (Å²) >= 11 is 0. The molecular weight excluding hydrogens is 324 g/mol. The van der Waals surface area contributed by atoms with Crippen molar-refractivity contribution in [2.75, 3.05) is 20.0 Å². The average molecular weight is 340 g/mol.